The predicted molar refractivity (Wildman–Crippen MR) is 94.7 cm³/mol. The Morgan fingerprint density at radius 1 is 1.19 bits per heavy atom. The molecule has 21 heavy (non-hydrogen) atoms. The molecule has 126 valence electrons. The van der Waals surface area contributed by atoms with Gasteiger partial charge >= 0.3 is 5.97 Å². The Kier molecular flexibility index (Phi) is 9.00. The first kappa shape index (κ1) is 20.8. The smallest absolute Gasteiger partial charge is 0.306 e. The van der Waals surface area contributed by atoms with E-state index in [1.54, 1.807) is 0 Å². The Morgan fingerprint density at radius 3 is 2.24 bits per heavy atom. The summed E-state index contributed by atoms with van der Waals surface area (Å²) < 4.78 is 11.6. The van der Waals surface area contributed by atoms with Crippen LogP contribution in [0.1, 0.15) is 26.7 Å². The molecule has 0 fully saturated rings. The number of nitrogens with zero attached hydrogens (tertiary/aromatic N) is 1. The van der Waals surface area contributed by atoms with Gasteiger partial charge in [-0.1, -0.05) is 6.92 Å². The van der Waals surface area contributed by atoms with Crippen molar-refractivity contribution in [2.45, 2.75) is 71.6 Å². The normalized spacial score (nSPS) is 14.3. The molecule has 0 radical (unpaired) electrons. The van der Waals surface area contributed by atoms with E-state index in [-0.39, 0.29) is 5.97 Å². The van der Waals surface area contributed by atoms with E-state index in [1.807, 2.05) is 26.7 Å². The van der Waals surface area contributed by atoms with E-state index in [1.165, 1.54) is 0 Å². The highest BCUT2D eigenvalue weighted by atomic mass is 28.4. The van der Waals surface area contributed by atoms with E-state index in [2.05, 4.69) is 31.8 Å². The van der Waals surface area contributed by atoms with Crippen LogP contribution in [0.4, 0.5) is 0 Å². The van der Waals surface area contributed by atoms with Crippen LogP contribution in [0.15, 0.2) is 0 Å². The summed E-state index contributed by atoms with van der Waals surface area (Å²) >= 11 is 0. The van der Waals surface area contributed by atoms with Gasteiger partial charge in [0.25, 0.3) is 0 Å². The average molecular weight is 334 g/mol. The third kappa shape index (κ3) is 12.1. The fourth-order valence-corrected chi connectivity index (χ4v) is 5.27. The van der Waals surface area contributed by atoms with Crippen molar-refractivity contribution in [1.82, 2.24) is 4.90 Å². The molecule has 0 spiro atoms. The lowest BCUT2D eigenvalue weighted by Crippen LogP contribution is -2.37. The lowest BCUT2D eigenvalue weighted by molar-refractivity contribution is -0.136. The zero-order valence-corrected chi connectivity index (χ0v) is 17.3. The molecular formula is C15H35NO3Si2. The van der Waals surface area contributed by atoms with Crippen LogP contribution in [0.25, 0.3) is 0 Å². The molecule has 0 heterocycles. The van der Waals surface area contributed by atoms with E-state index in [4.69, 9.17) is 8.85 Å². The Balaban J connectivity index is 3.98. The summed E-state index contributed by atoms with van der Waals surface area (Å²) in [6.07, 6.45) is 2.50. The summed E-state index contributed by atoms with van der Waals surface area (Å²) in [5, 5.41) is 0. The molecule has 0 aromatic rings. The molecule has 0 aromatic carbocycles. The lowest BCUT2D eigenvalue weighted by atomic mass is 10.3. The number of carbonyl (C=O) groups excluding carboxylic acids is 1. The van der Waals surface area contributed by atoms with Gasteiger partial charge in [0.1, 0.15) is 0 Å². The van der Waals surface area contributed by atoms with Crippen molar-refractivity contribution in [1.29, 1.82) is 0 Å². The molecule has 0 bridgehead atoms. The van der Waals surface area contributed by atoms with Crippen LogP contribution in [0, 0.1) is 0 Å². The van der Waals surface area contributed by atoms with Gasteiger partial charge in [0.15, 0.2) is 8.32 Å². The fourth-order valence-electron chi connectivity index (χ4n) is 2.13. The second-order valence-corrected chi connectivity index (χ2v) is 16.2. The quantitative estimate of drug-likeness (QED) is 0.571. The van der Waals surface area contributed by atoms with Gasteiger partial charge in [0.2, 0.25) is 8.32 Å². The Morgan fingerprint density at radius 2 is 1.76 bits per heavy atom. The van der Waals surface area contributed by atoms with Gasteiger partial charge in [0, 0.05) is 6.10 Å². The van der Waals surface area contributed by atoms with Gasteiger partial charge in [-0.3, -0.25) is 9.69 Å². The van der Waals surface area contributed by atoms with Gasteiger partial charge in [-0.05, 0) is 72.1 Å². The minimum absolute atomic E-state index is 0.0935. The molecule has 1 unspecified atom stereocenters. The highest BCUT2D eigenvalue weighted by molar-refractivity contribution is 6.71. The maximum atomic E-state index is 11.8. The van der Waals surface area contributed by atoms with E-state index < -0.39 is 16.6 Å². The first-order chi connectivity index (χ1) is 9.45. The lowest BCUT2D eigenvalue weighted by Gasteiger charge is -2.28. The minimum Gasteiger partial charge on any atom is -0.519 e. The minimum atomic E-state index is -1.76. The highest BCUT2D eigenvalue weighted by Crippen LogP contribution is 2.17. The Hall–Kier alpha value is -0.176. The van der Waals surface area contributed by atoms with E-state index in [9.17, 15) is 4.79 Å². The molecule has 6 heteroatoms. The van der Waals surface area contributed by atoms with Crippen molar-refractivity contribution in [2.75, 3.05) is 20.1 Å². The molecule has 4 nitrogen and oxygen atoms in total. The van der Waals surface area contributed by atoms with Crippen LogP contribution in [0.2, 0.25) is 38.8 Å². The average Bonchev–Trinajstić information content (AvgIpc) is 2.24. The molecule has 0 N–H and O–H groups in total. The van der Waals surface area contributed by atoms with E-state index in [0.29, 0.717) is 12.6 Å². The Labute approximate surface area is 133 Å². The largest absolute Gasteiger partial charge is 0.519 e. The molecule has 0 saturated heterocycles. The van der Waals surface area contributed by atoms with E-state index in [0.717, 1.165) is 25.4 Å². The van der Waals surface area contributed by atoms with Crippen LogP contribution in [0.5, 0.6) is 0 Å². The van der Waals surface area contributed by atoms with Crippen molar-refractivity contribution in [3.63, 3.8) is 0 Å². The van der Waals surface area contributed by atoms with Crippen molar-refractivity contribution < 1.29 is 13.6 Å². The number of hydrogen-bond donors (Lipinski definition) is 0. The van der Waals surface area contributed by atoms with E-state index >= 15 is 0 Å². The van der Waals surface area contributed by atoms with Crippen molar-refractivity contribution in [3.8, 4) is 0 Å². The van der Waals surface area contributed by atoms with Crippen LogP contribution in [-0.4, -0.2) is 53.7 Å². The zero-order chi connectivity index (χ0) is 16.7. The maximum Gasteiger partial charge on any atom is 0.306 e. The molecule has 0 amide bonds. The fraction of sp³-hybridized carbons (Fsp3) is 0.933. The van der Waals surface area contributed by atoms with Crippen LogP contribution in [-0.2, 0) is 13.6 Å². The number of carbonyl (C=O) groups is 1. The van der Waals surface area contributed by atoms with Crippen molar-refractivity contribution in [3.05, 3.63) is 0 Å². The Bertz CT molecular complexity index is 317. The standard InChI is InChI=1S/C15H35NO3Si2/c1-9-14(2)18-21(7,8)12-10-11-16(3)13-15(17)19-20(4,5)6/h14H,9-13H2,1-8H3. The third-order valence-corrected chi connectivity index (χ3v) is 6.67. The molecule has 0 aliphatic heterocycles. The summed E-state index contributed by atoms with van der Waals surface area (Å²) in [5.74, 6) is -0.0935. The summed E-state index contributed by atoms with van der Waals surface area (Å²) in [6.45, 7) is 16.3. The molecule has 1 atom stereocenters. The molecular weight excluding hydrogens is 298 g/mol. The van der Waals surface area contributed by atoms with Crippen LogP contribution < -0.4 is 0 Å². The summed E-state index contributed by atoms with van der Waals surface area (Å²) in [6, 6.07) is 1.13. The first-order valence-electron chi connectivity index (χ1n) is 8.03. The second-order valence-electron chi connectivity index (χ2n) is 7.52. The number of likely N-dealkylation sites (N-methyl/N-ethyl adjacent to an activating group) is 1. The topological polar surface area (TPSA) is 38.8 Å². The number of hydrogen-bond acceptors (Lipinski definition) is 4. The van der Waals surface area contributed by atoms with Crippen LogP contribution in [0.3, 0.4) is 0 Å². The summed E-state index contributed by atoms with van der Waals surface area (Å²) in [7, 11) is -1.35. The molecule has 0 rings (SSSR count). The number of rotatable bonds is 10. The van der Waals surface area contributed by atoms with Crippen LogP contribution >= 0.6 is 0 Å². The summed E-state index contributed by atoms with van der Waals surface area (Å²) in [4.78, 5) is 13.8. The van der Waals surface area contributed by atoms with Crippen molar-refractivity contribution >= 4 is 22.6 Å². The monoisotopic (exact) mass is 333 g/mol. The molecule has 0 aliphatic carbocycles. The van der Waals surface area contributed by atoms with Crippen molar-refractivity contribution in [2.24, 2.45) is 0 Å². The molecule has 0 saturated carbocycles. The molecule has 0 aromatic heterocycles. The van der Waals surface area contributed by atoms with Gasteiger partial charge in [-0.15, -0.1) is 0 Å². The van der Waals surface area contributed by atoms with Gasteiger partial charge in [0.05, 0.1) is 6.54 Å². The maximum absolute atomic E-state index is 11.8. The highest BCUT2D eigenvalue weighted by Gasteiger charge is 2.25. The SMILES string of the molecule is CCC(C)O[Si](C)(C)CCCN(C)CC(=O)O[Si](C)(C)C. The van der Waals surface area contributed by atoms with Gasteiger partial charge in [-0.2, -0.15) is 0 Å². The third-order valence-electron chi connectivity index (χ3n) is 3.23. The first-order valence-corrected chi connectivity index (χ1v) is 14.6. The van der Waals surface area contributed by atoms with Gasteiger partial charge < -0.3 is 8.85 Å². The zero-order valence-electron chi connectivity index (χ0n) is 15.3. The summed E-state index contributed by atoms with van der Waals surface area (Å²) in [5.41, 5.74) is 0. The molecule has 0 aliphatic rings. The second kappa shape index (κ2) is 9.07. The predicted octanol–water partition coefficient (Wildman–Crippen LogP) is 3.71. The van der Waals surface area contributed by atoms with Gasteiger partial charge in [-0.25, -0.2) is 0 Å².